The quantitative estimate of drug-likeness (QED) is 0.128. The molecule has 0 spiro atoms. The van der Waals surface area contributed by atoms with Crippen molar-refractivity contribution in [3.8, 4) is 28.8 Å². The zero-order chi connectivity index (χ0) is 42.5. The molecule has 1 amide bonds. The van der Waals surface area contributed by atoms with E-state index in [9.17, 15) is 4.79 Å². The number of pyridine rings is 1. The van der Waals surface area contributed by atoms with Crippen molar-refractivity contribution in [3.63, 3.8) is 0 Å². The predicted molar refractivity (Wildman–Crippen MR) is 225 cm³/mol. The van der Waals surface area contributed by atoms with Gasteiger partial charge in [0.15, 0.2) is 5.82 Å². The second-order valence-corrected chi connectivity index (χ2v) is 17.7. The lowest BCUT2D eigenvalue weighted by Gasteiger charge is -2.42. The monoisotopic (exact) mass is 836 g/mol. The molecule has 4 saturated heterocycles. The molecule has 6 heterocycles. The largest absolute Gasteiger partial charge is 0.497 e. The highest BCUT2D eigenvalue weighted by atomic mass is 19.3. The fraction of sp³-hybridized carbons (Fsp3) is 0.447. The Morgan fingerprint density at radius 1 is 0.869 bits per heavy atom. The van der Waals surface area contributed by atoms with E-state index in [-0.39, 0.29) is 70.0 Å². The van der Waals surface area contributed by atoms with E-state index in [2.05, 4.69) is 19.8 Å². The van der Waals surface area contributed by atoms with Gasteiger partial charge in [-0.15, -0.1) is 0 Å². The first-order valence-electron chi connectivity index (χ1n) is 21.2. The summed E-state index contributed by atoms with van der Waals surface area (Å²) in [4.78, 5) is 33.9. The van der Waals surface area contributed by atoms with Crippen molar-refractivity contribution in [2.75, 3.05) is 44.8 Å². The predicted octanol–water partition coefficient (Wildman–Crippen LogP) is 9.15. The van der Waals surface area contributed by atoms with Gasteiger partial charge in [-0.25, -0.2) is 9.18 Å². The van der Waals surface area contributed by atoms with Gasteiger partial charge in [-0.05, 0) is 108 Å². The van der Waals surface area contributed by atoms with Gasteiger partial charge in [-0.2, -0.15) is 18.7 Å². The Kier molecular flexibility index (Phi) is 10.7. The maximum absolute atomic E-state index is 17.4. The molecule has 0 N–H and O–H groups in total. The van der Waals surface area contributed by atoms with Crippen molar-refractivity contribution < 1.29 is 36.9 Å². The minimum Gasteiger partial charge on any atom is -0.497 e. The number of alkyl halides is 2. The van der Waals surface area contributed by atoms with Crippen molar-refractivity contribution in [3.05, 3.63) is 102 Å². The summed E-state index contributed by atoms with van der Waals surface area (Å²) in [6.07, 6.45) is 6.88. The maximum atomic E-state index is 17.4. The van der Waals surface area contributed by atoms with Gasteiger partial charge < -0.3 is 23.8 Å². The summed E-state index contributed by atoms with van der Waals surface area (Å²) in [5.74, 6) is -3.03. The van der Waals surface area contributed by atoms with Crippen LogP contribution >= 0.6 is 0 Å². The molecule has 2 bridgehead atoms. The smallest absolute Gasteiger partial charge is 0.410 e. The molecule has 0 aliphatic carbocycles. The van der Waals surface area contributed by atoms with E-state index in [0.717, 1.165) is 57.2 Å². The Bertz CT molecular complexity index is 2390. The van der Waals surface area contributed by atoms with Crippen LogP contribution in [-0.4, -0.2) is 94.0 Å². The van der Waals surface area contributed by atoms with Gasteiger partial charge in [0.05, 0.1) is 30.1 Å². The van der Waals surface area contributed by atoms with E-state index < -0.39 is 17.3 Å². The third kappa shape index (κ3) is 8.02. The summed E-state index contributed by atoms with van der Waals surface area (Å²) in [6.45, 7) is 8.88. The number of nitrogens with zero attached hydrogens (tertiary/aromatic N) is 6. The first-order valence-corrected chi connectivity index (χ1v) is 21.2. The molecule has 61 heavy (non-hydrogen) atoms. The van der Waals surface area contributed by atoms with E-state index >= 15 is 13.2 Å². The molecule has 0 saturated carbocycles. The summed E-state index contributed by atoms with van der Waals surface area (Å²) in [6, 6.07) is 18.5. The second-order valence-electron chi connectivity index (χ2n) is 17.7. The highest BCUT2D eigenvalue weighted by molar-refractivity contribution is 5.92. The fourth-order valence-corrected chi connectivity index (χ4v) is 9.58. The molecule has 0 unspecified atom stereocenters. The molecule has 2 atom stereocenters. The Labute approximate surface area is 353 Å². The van der Waals surface area contributed by atoms with E-state index in [1.54, 1.807) is 37.4 Å². The summed E-state index contributed by atoms with van der Waals surface area (Å²) in [5, 5.41) is 0.349. The Morgan fingerprint density at radius 3 is 2.25 bits per heavy atom. The third-order valence-electron chi connectivity index (χ3n) is 12.6. The molecule has 2 aromatic heterocycles. The minimum absolute atomic E-state index is 0.0291. The number of halogens is 3. The number of hydrogen-bond acceptors (Lipinski definition) is 10. The number of carbonyl (C=O) groups is 1. The Morgan fingerprint density at radius 2 is 1.57 bits per heavy atom. The highest BCUT2D eigenvalue weighted by Gasteiger charge is 2.47. The molecule has 4 aliphatic heterocycles. The van der Waals surface area contributed by atoms with Crippen LogP contribution in [0.25, 0.3) is 22.2 Å². The molecule has 5 aromatic rings. The van der Waals surface area contributed by atoms with Gasteiger partial charge in [0.25, 0.3) is 5.92 Å². The van der Waals surface area contributed by atoms with Crippen LogP contribution in [0, 0.1) is 5.82 Å². The average molecular weight is 837 g/mol. The minimum atomic E-state index is -3.45. The lowest BCUT2D eigenvalue weighted by Crippen LogP contribution is -2.57. The number of anilines is 1. The van der Waals surface area contributed by atoms with Crippen molar-refractivity contribution in [2.45, 2.75) is 95.0 Å². The standard InChI is InChI=1S/C47H51F3N6O5/c1-45(2,3)61-44(57)56-34-14-15-35(56)27-54(26-34)42-38-25-51-40(39(48)41(38)52-43(53-42)60-29-46-18-8-20-55(46)21-9-19-46)31-22-33(47(49,50)32-10-6-5-7-11-32)24-37(23-31)59-28-30-12-16-36(58-4)17-13-30/h5-7,10-13,16-17,22-25,34-35H,8-9,14-15,18-21,26-29H2,1-4H3/t34-,35+. The normalized spacial score (nSPS) is 19.9. The number of ether oxygens (including phenoxy) is 4. The van der Waals surface area contributed by atoms with Gasteiger partial charge in [0, 0.05) is 36.0 Å². The topological polar surface area (TPSA) is 102 Å². The van der Waals surface area contributed by atoms with Crippen molar-refractivity contribution in [1.29, 1.82) is 0 Å². The summed E-state index contributed by atoms with van der Waals surface area (Å²) >= 11 is 0. The van der Waals surface area contributed by atoms with Crippen LogP contribution in [0.2, 0.25) is 0 Å². The van der Waals surface area contributed by atoms with Crippen molar-refractivity contribution in [2.24, 2.45) is 0 Å². The van der Waals surface area contributed by atoms with Crippen LogP contribution in [0.5, 0.6) is 17.5 Å². The van der Waals surface area contributed by atoms with Crippen LogP contribution in [0.4, 0.5) is 23.8 Å². The summed E-state index contributed by atoms with van der Waals surface area (Å²) < 4.78 is 73.7. The van der Waals surface area contributed by atoms with Crippen LogP contribution in [0.3, 0.4) is 0 Å². The molecule has 0 radical (unpaired) electrons. The van der Waals surface area contributed by atoms with Gasteiger partial charge in [0.2, 0.25) is 0 Å². The average Bonchev–Trinajstić information content (AvgIpc) is 3.92. The lowest BCUT2D eigenvalue weighted by atomic mass is 9.95. The molecular weight excluding hydrogens is 786 g/mol. The number of benzene rings is 3. The SMILES string of the molecule is COc1ccc(COc2cc(-c3ncc4c(N5C[C@H]6CC[C@@H](C5)N6C(=O)OC(C)(C)C)nc(OCC56CCCN5CCC6)nc4c3F)cc(C(F)(F)c3ccccc3)c2)cc1. The maximum Gasteiger partial charge on any atom is 0.410 e. The van der Waals surface area contributed by atoms with Crippen molar-refractivity contribution >= 4 is 22.8 Å². The van der Waals surface area contributed by atoms with E-state index in [1.165, 1.54) is 36.5 Å². The van der Waals surface area contributed by atoms with Gasteiger partial charge >= 0.3 is 12.1 Å². The number of aromatic nitrogens is 3. The van der Waals surface area contributed by atoms with Crippen LogP contribution < -0.4 is 19.1 Å². The van der Waals surface area contributed by atoms with Gasteiger partial charge in [-0.3, -0.25) is 14.8 Å². The lowest BCUT2D eigenvalue weighted by molar-refractivity contribution is 0.0122. The first kappa shape index (κ1) is 40.8. The van der Waals surface area contributed by atoms with Crippen LogP contribution in [-0.2, 0) is 17.3 Å². The zero-order valence-corrected chi connectivity index (χ0v) is 35.0. The number of fused-ring (bicyclic) bond motifs is 4. The molecular formula is C47H51F3N6O5. The molecule has 4 aliphatic rings. The fourth-order valence-electron chi connectivity index (χ4n) is 9.58. The first-order chi connectivity index (χ1) is 29.3. The zero-order valence-electron chi connectivity index (χ0n) is 35.0. The number of hydrogen-bond donors (Lipinski definition) is 0. The molecule has 9 rings (SSSR count). The molecule has 14 heteroatoms. The van der Waals surface area contributed by atoms with E-state index in [1.807, 2.05) is 37.8 Å². The van der Waals surface area contributed by atoms with Crippen LogP contribution in [0.1, 0.15) is 76.0 Å². The number of carbonyl (C=O) groups excluding carboxylic acids is 1. The number of amides is 1. The summed E-state index contributed by atoms with van der Waals surface area (Å²) in [7, 11) is 1.57. The molecule has 320 valence electrons. The van der Waals surface area contributed by atoms with Gasteiger partial charge in [-0.1, -0.05) is 42.5 Å². The van der Waals surface area contributed by atoms with E-state index in [4.69, 9.17) is 23.9 Å². The van der Waals surface area contributed by atoms with Crippen molar-refractivity contribution in [1.82, 2.24) is 24.8 Å². The third-order valence-corrected chi connectivity index (χ3v) is 12.6. The van der Waals surface area contributed by atoms with Gasteiger partial charge in [0.1, 0.15) is 47.3 Å². The molecule has 3 aromatic carbocycles. The van der Waals surface area contributed by atoms with Crippen LogP contribution in [0.15, 0.2) is 79.0 Å². The molecule has 4 fully saturated rings. The number of rotatable bonds is 11. The highest BCUT2D eigenvalue weighted by Crippen LogP contribution is 2.43. The number of methoxy groups -OCH3 is 1. The molecule has 11 nitrogen and oxygen atoms in total. The van der Waals surface area contributed by atoms with E-state index in [0.29, 0.717) is 36.6 Å². The summed E-state index contributed by atoms with van der Waals surface area (Å²) in [5.41, 5.74) is -0.701. The Balaban J connectivity index is 1.11. The number of piperazine rings is 1. The Hall–Kier alpha value is -5.63. The second kappa shape index (κ2) is 16.0.